The van der Waals surface area contributed by atoms with Gasteiger partial charge in [0.05, 0.1) is 19.4 Å². The lowest BCUT2D eigenvalue weighted by Crippen LogP contribution is -2.08. The Kier molecular flexibility index (Phi) is 4.75. The van der Waals surface area contributed by atoms with Gasteiger partial charge in [0, 0.05) is 23.4 Å². The summed E-state index contributed by atoms with van der Waals surface area (Å²) in [5.74, 6) is 0.408. The van der Waals surface area contributed by atoms with Crippen molar-refractivity contribution in [1.82, 2.24) is 4.98 Å². The van der Waals surface area contributed by atoms with Crippen LogP contribution in [0.3, 0.4) is 0 Å². The van der Waals surface area contributed by atoms with Gasteiger partial charge in [-0.1, -0.05) is 0 Å². The minimum Gasteiger partial charge on any atom is -0.497 e. The molecule has 1 aromatic carbocycles. The van der Waals surface area contributed by atoms with Crippen LogP contribution in [0.1, 0.15) is 31.1 Å². The van der Waals surface area contributed by atoms with E-state index < -0.39 is 11.9 Å². The number of hydrogen-bond donors (Lipinski definition) is 1. The molecule has 0 fully saturated rings. The van der Waals surface area contributed by atoms with E-state index in [9.17, 15) is 9.50 Å². The second-order valence-corrected chi connectivity index (χ2v) is 4.91. The Morgan fingerprint density at radius 1 is 1.14 bits per heavy atom. The lowest BCUT2D eigenvalue weighted by Gasteiger charge is -2.15. The van der Waals surface area contributed by atoms with Gasteiger partial charge in [-0.15, -0.1) is 0 Å². The molecule has 4 nitrogen and oxygen atoms in total. The van der Waals surface area contributed by atoms with Crippen LogP contribution in [-0.2, 0) is 0 Å². The normalized spacial score (nSPS) is 12.3. The number of methoxy groups -OCH3 is 1. The number of ether oxygens (including phenoxy) is 2. The zero-order valence-electron chi connectivity index (χ0n) is 12.2. The Bertz CT molecular complexity index is 616. The number of hydrogen-bond acceptors (Lipinski definition) is 4. The molecule has 0 aliphatic rings. The van der Waals surface area contributed by atoms with Crippen LogP contribution < -0.4 is 9.47 Å². The Balaban J connectivity index is 2.29. The second-order valence-electron chi connectivity index (χ2n) is 4.91. The van der Waals surface area contributed by atoms with Crippen molar-refractivity contribution in [3.8, 4) is 11.5 Å². The highest BCUT2D eigenvalue weighted by Crippen LogP contribution is 2.28. The van der Waals surface area contributed by atoms with Gasteiger partial charge in [0.25, 0.3) is 0 Å². The average Bonchev–Trinajstić information content (AvgIpc) is 2.46. The molecule has 2 aromatic rings. The van der Waals surface area contributed by atoms with E-state index in [0.717, 1.165) is 0 Å². The monoisotopic (exact) mass is 291 g/mol. The van der Waals surface area contributed by atoms with Gasteiger partial charge in [-0.3, -0.25) is 4.98 Å². The zero-order chi connectivity index (χ0) is 15.4. The molecule has 21 heavy (non-hydrogen) atoms. The number of aliphatic hydroxyl groups excluding tert-OH is 1. The zero-order valence-corrected chi connectivity index (χ0v) is 12.2. The third-order valence-electron chi connectivity index (χ3n) is 2.92. The van der Waals surface area contributed by atoms with Crippen LogP contribution in [0.5, 0.6) is 11.5 Å². The van der Waals surface area contributed by atoms with Crippen LogP contribution in [0.15, 0.2) is 36.7 Å². The summed E-state index contributed by atoms with van der Waals surface area (Å²) in [5.41, 5.74) is 0.636. The molecule has 0 aliphatic carbocycles. The Morgan fingerprint density at radius 2 is 1.90 bits per heavy atom. The van der Waals surface area contributed by atoms with E-state index in [-0.39, 0.29) is 11.7 Å². The number of pyridine rings is 1. The first-order chi connectivity index (χ1) is 10.0. The first-order valence-electron chi connectivity index (χ1n) is 6.64. The molecule has 0 saturated heterocycles. The summed E-state index contributed by atoms with van der Waals surface area (Å²) in [7, 11) is 1.46. The van der Waals surface area contributed by atoms with E-state index in [1.165, 1.54) is 25.4 Å². The van der Waals surface area contributed by atoms with Crippen LogP contribution in [0.2, 0.25) is 0 Å². The fourth-order valence-electron chi connectivity index (χ4n) is 1.96. The van der Waals surface area contributed by atoms with Gasteiger partial charge >= 0.3 is 0 Å². The molecule has 1 heterocycles. The average molecular weight is 291 g/mol. The lowest BCUT2D eigenvalue weighted by atomic mass is 10.0. The molecule has 0 saturated carbocycles. The SMILES string of the molecule is COc1ccc(C(O)c2cncc(OC(C)C)c2)c(F)c1. The van der Waals surface area contributed by atoms with Crippen LogP contribution in [-0.4, -0.2) is 23.3 Å². The van der Waals surface area contributed by atoms with E-state index >= 15 is 0 Å². The minimum absolute atomic E-state index is 0.00286. The molecular formula is C16H18FNO3. The van der Waals surface area contributed by atoms with Gasteiger partial charge in [0.1, 0.15) is 23.4 Å². The number of rotatable bonds is 5. The first-order valence-corrected chi connectivity index (χ1v) is 6.64. The predicted octanol–water partition coefficient (Wildman–Crippen LogP) is 3.10. The lowest BCUT2D eigenvalue weighted by molar-refractivity contribution is 0.210. The summed E-state index contributed by atoms with van der Waals surface area (Å²) in [4.78, 5) is 4.02. The van der Waals surface area contributed by atoms with Crippen molar-refractivity contribution >= 4 is 0 Å². The Hall–Kier alpha value is -2.14. The van der Waals surface area contributed by atoms with Gasteiger partial charge in [-0.25, -0.2) is 4.39 Å². The van der Waals surface area contributed by atoms with Gasteiger partial charge in [-0.2, -0.15) is 0 Å². The minimum atomic E-state index is -1.11. The van der Waals surface area contributed by atoms with Crippen LogP contribution in [0.25, 0.3) is 0 Å². The molecule has 0 spiro atoms. The molecule has 1 atom stereocenters. The van der Waals surface area contributed by atoms with Crippen molar-refractivity contribution in [2.75, 3.05) is 7.11 Å². The number of aromatic nitrogens is 1. The van der Waals surface area contributed by atoms with Crippen LogP contribution >= 0.6 is 0 Å². The molecule has 1 unspecified atom stereocenters. The molecular weight excluding hydrogens is 273 g/mol. The van der Waals surface area contributed by atoms with Gasteiger partial charge < -0.3 is 14.6 Å². The maximum atomic E-state index is 14.0. The highest BCUT2D eigenvalue weighted by molar-refractivity contribution is 5.36. The summed E-state index contributed by atoms with van der Waals surface area (Å²) >= 11 is 0. The molecule has 5 heteroatoms. The van der Waals surface area contributed by atoms with Crippen LogP contribution in [0.4, 0.5) is 4.39 Å². The van der Waals surface area contributed by atoms with Crippen molar-refractivity contribution in [3.05, 3.63) is 53.6 Å². The summed E-state index contributed by atoms with van der Waals surface area (Å²) in [6.07, 6.45) is 1.93. The molecule has 0 radical (unpaired) electrons. The molecule has 2 rings (SSSR count). The topological polar surface area (TPSA) is 51.6 Å². The van der Waals surface area contributed by atoms with E-state index in [1.807, 2.05) is 13.8 Å². The standard InChI is InChI=1S/C16H18FNO3/c1-10(2)21-13-6-11(8-18-9-13)16(19)14-5-4-12(20-3)7-15(14)17/h4-10,16,19H,1-3H3. The van der Waals surface area contributed by atoms with Crippen molar-refractivity contribution in [2.45, 2.75) is 26.1 Å². The summed E-state index contributed by atoms with van der Waals surface area (Å²) in [6, 6.07) is 5.99. The third-order valence-corrected chi connectivity index (χ3v) is 2.92. The summed E-state index contributed by atoms with van der Waals surface area (Å²) in [5, 5.41) is 10.3. The van der Waals surface area contributed by atoms with Crippen molar-refractivity contribution in [1.29, 1.82) is 0 Å². The number of halogens is 1. The first kappa shape index (κ1) is 15.3. The smallest absolute Gasteiger partial charge is 0.138 e. The number of aliphatic hydroxyl groups is 1. The van der Waals surface area contributed by atoms with Gasteiger partial charge in [0.2, 0.25) is 0 Å². The van der Waals surface area contributed by atoms with Crippen molar-refractivity contribution in [3.63, 3.8) is 0 Å². The van der Waals surface area contributed by atoms with Crippen molar-refractivity contribution < 1.29 is 19.0 Å². The molecule has 0 aliphatic heterocycles. The van der Waals surface area contributed by atoms with E-state index in [2.05, 4.69) is 4.98 Å². The van der Waals surface area contributed by atoms with Gasteiger partial charge in [-0.05, 0) is 32.0 Å². The molecule has 0 bridgehead atoms. The molecule has 1 aromatic heterocycles. The van der Waals surface area contributed by atoms with Crippen molar-refractivity contribution in [2.24, 2.45) is 0 Å². The summed E-state index contributed by atoms with van der Waals surface area (Å²) < 4.78 is 24.5. The van der Waals surface area contributed by atoms with Gasteiger partial charge in [0.15, 0.2) is 0 Å². The molecule has 0 amide bonds. The highest BCUT2D eigenvalue weighted by atomic mass is 19.1. The maximum Gasteiger partial charge on any atom is 0.138 e. The maximum absolute atomic E-state index is 14.0. The van der Waals surface area contributed by atoms with Crippen LogP contribution in [0, 0.1) is 5.82 Å². The largest absolute Gasteiger partial charge is 0.497 e. The van der Waals surface area contributed by atoms with E-state index in [4.69, 9.17) is 9.47 Å². The van der Waals surface area contributed by atoms with E-state index in [1.54, 1.807) is 18.3 Å². The fraction of sp³-hybridized carbons (Fsp3) is 0.312. The third kappa shape index (κ3) is 3.70. The molecule has 1 N–H and O–H groups in total. The Labute approximate surface area is 123 Å². The number of benzene rings is 1. The van der Waals surface area contributed by atoms with E-state index in [0.29, 0.717) is 17.1 Å². The summed E-state index contributed by atoms with van der Waals surface area (Å²) in [6.45, 7) is 3.79. The molecule has 112 valence electrons. The quantitative estimate of drug-likeness (QED) is 0.919. The second kappa shape index (κ2) is 6.54. The fourth-order valence-corrected chi connectivity index (χ4v) is 1.96. The predicted molar refractivity (Wildman–Crippen MR) is 77.0 cm³/mol. The highest BCUT2D eigenvalue weighted by Gasteiger charge is 2.17. The number of nitrogens with zero attached hydrogens (tertiary/aromatic N) is 1. The Morgan fingerprint density at radius 3 is 2.52 bits per heavy atom.